The number of ketones is 1. The van der Waals surface area contributed by atoms with Crippen molar-refractivity contribution in [2.75, 3.05) is 6.54 Å². The van der Waals surface area contributed by atoms with E-state index in [9.17, 15) is 14.7 Å². The van der Waals surface area contributed by atoms with Crippen LogP contribution in [0, 0.1) is 17.8 Å². The van der Waals surface area contributed by atoms with Gasteiger partial charge in [-0.3, -0.25) is 9.59 Å². The highest BCUT2D eigenvalue weighted by molar-refractivity contribution is 6.00. The summed E-state index contributed by atoms with van der Waals surface area (Å²) in [4.78, 5) is 26.2. The molecule has 0 aliphatic rings. The van der Waals surface area contributed by atoms with Crippen molar-refractivity contribution < 1.29 is 14.7 Å². The topological polar surface area (TPSA) is 91.1 Å². The first-order valence-corrected chi connectivity index (χ1v) is 25.5. The molecule has 59 heavy (non-hydrogen) atoms. The normalized spacial score (nSPS) is 13.7. The minimum absolute atomic E-state index is 0.0500. The number of hydrogen-bond donors (Lipinski definition) is 2. The molecular weight excluding hydrogens is 727 g/mol. The number of aliphatic hydroxyl groups excluding tert-OH is 1. The van der Waals surface area contributed by atoms with Crippen molar-refractivity contribution in [2.24, 2.45) is 28.0 Å². The third kappa shape index (κ3) is 27.9. The number of rotatable bonds is 41. The number of carbonyl (C=O) groups is 2. The highest BCUT2D eigenvalue weighted by atomic mass is 16.3. The van der Waals surface area contributed by atoms with Crippen LogP contribution in [0.4, 0.5) is 5.69 Å². The smallest absolute Gasteiger partial charge is 0.275 e. The molecule has 0 fully saturated rings. The number of hydrogen-bond acceptors (Lipinski definition) is 5. The van der Waals surface area contributed by atoms with Crippen LogP contribution in [-0.4, -0.2) is 23.3 Å². The van der Waals surface area contributed by atoms with Crippen molar-refractivity contribution in [1.82, 2.24) is 5.32 Å². The molecule has 1 aromatic carbocycles. The number of Topliss-reactive ketones (excluding diaryl/α,β-unsaturated/α-hetero) is 1. The number of benzene rings is 1. The molecule has 340 valence electrons. The minimum atomic E-state index is -0.443. The lowest BCUT2D eigenvalue weighted by atomic mass is 9.78. The van der Waals surface area contributed by atoms with Crippen LogP contribution in [0.1, 0.15) is 264 Å². The maximum absolute atomic E-state index is 13.3. The number of carbonyl (C=O) groups excluding carboxylic acids is 2. The number of nitrogens with one attached hydrogen (secondary N) is 1. The van der Waals surface area contributed by atoms with Gasteiger partial charge in [-0.25, -0.2) is 0 Å². The van der Waals surface area contributed by atoms with Crippen LogP contribution in [0.15, 0.2) is 46.0 Å². The van der Waals surface area contributed by atoms with Crippen LogP contribution in [0.5, 0.6) is 0 Å². The summed E-state index contributed by atoms with van der Waals surface area (Å²) in [6, 6.07) is 7.20. The number of nitrogens with zero attached hydrogens (tertiary/aromatic N) is 2. The van der Waals surface area contributed by atoms with E-state index in [1.807, 2.05) is 12.1 Å². The Bertz CT molecular complexity index is 1220. The summed E-state index contributed by atoms with van der Waals surface area (Å²) in [5, 5.41) is 21.6. The first kappa shape index (κ1) is 54.5. The quantitative estimate of drug-likeness (QED) is 0.0227. The molecule has 1 aromatic rings. The second kappa shape index (κ2) is 38.4. The predicted octanol–water partition coefficient (Wildman–Crippen LogP) is 17.7. The van der Waals surface area contributed by atoms with Crippen LogP contribution in [0.3, 0.4) is 0 Å². The van der Waals surface area contributed by atoms with Crippen LogP contribution in [0.2, 0.25) is 0 Å². The van der Waals surface area contributed by atoms with Gasteiger partial charge in [0.25, 0.3) is 5.91 Å². The molecule has 2 N–H and O–H groups in total. The van der Waals surface area contributed by atoms with E-state index >= 15 is 0 Å². The van der Waals surface area contributed by atoms with Crippen LogP contribution >= 0.6 is 0 Å². The summed E-state index contributed by atoms with van der Waals surface area (Å²) >= 11 is 0. The first-order chi connectivity index (χ1) is 28.8. The molecule has 0 saturated carbocycles. The number of unbranched alkanes of at least 4 members (excludes halogenated alkanes) is 21. The fraction of sp³-hybridized carbons (Fsp3) is 0.811. The molecule has 0 spiro atoms. The van der Waals surface area contributed by atoms with Crippen molar-refractivity contribution in [3.8, 4) is 0 Å². The summed E-state index contributed by atoms with van der Waals surface area (Å²) in [6.07, 6.45) is 42.8. The fourth-order valence-corrected chi connectivity index (χ4v) is 8.77. The van der Waals surface area contributed by atoms with Crippen molar-refractivity contribution in [3.05, 3.63) is 41.3 Å². The molecule has 0 heterocycles. The Hall–Kier alpha value is -2.50. The zero-order valence-electron chi connectivity index (χ0n) is 39.7. The summed E-state index contributed by atoms with van der Waals surface area (Å²) in [5.41, 5.74) is 0.832. The van der Waals surface area contributed by atoms with Gasteiger partial charge in [-0.15, -0.1) is 10.2 Å². The van der Waals surface area contributed by atoms with Gasteiger partial charge >= 0.3 is 0 Å². The Kier molecular flexibility index (Phi) is 35.5. The Balaban J connectivity index is 2.61. The molecule has 3 unspecified atom stereocenters. The van der Waals surface area contributed by atoms with Gasteiger partial charge in [-0.1, -0.05) is 239 Å². The van der Waals surface area contributed by atoms with Gasteiger partial charge in [0.05, 0.1) is 5.69 Å². The second-order valence-electron chi connectivity index (χ2n) is 18.1. The molecule has 0 aliphatic heterocycles. The summed E-state index contributed by atoms with van der Waals surface area (Å²) in [6.45, 7) is 13.3. The van der Waals surface area contributed by atoms with E-state index in [1.54, 1.807) is 12.1 Å². The van der Waals surface area contributed by atoms with E-state index in [2.05, 4.69) is 50.2 Å². The zero-order valence-corrected chi connectivity index (χ0v) is 39.7. The lowest BCUT2D eigenvalue weighted by molar-refractivity contribution is -0.118. The lowest BCUT2D eigenvalue weighted by Crippen LogP contribution is -2.30. The standard InChI is InChI=1S/C53H95N3O3/c1-7-12-16-18-21-25-30-38-47(37-29-14-9-3)48(39-31-26-22-19-17-13-8-2)40-32-27-23-20-24-28-33-43-51(58)49-41-34-35-42-50(49)55-56-52(45(6)57)53(59)54-44-46(11-5)36-15-10-4/h34-35,41-42,46-48,57H,7-33,36-40,43-44H2,1-6H3,(H,54,59). The van der Waals surface area contributed by atoms with E-state index < -0.39 is 5.91 Å². The average molecular weight is 822 g/mol. The van der Waals surface area contributed by atoms with Crippen LogP contribution in [-0.2, 0) is 4.79 Å². The minimum Gasteiger partial charge on any atom is -0.510 e. The summed E-state index contributed by atoms with van der Waals surface area (Å²) in [7, 11) is 0. The molecule has 0 aromatic heterocycles. The molecule has 0 aliphatic carbocycles. The molecule has 0 bridgehead atoms. The highest BCUT2D eigenvalue weighted by Crippen LogP contribution is 2.34. The molecule has 3 atom stereocenters. The first-order valence-electron chi connectivity index (χ1n) is 25.5. The molecular formula is C53H95N3O3. The van der Waals surface area contributed by atoms with E-state index in [0.717, 1.165) is 50.4 Å². The van der Waals surface area contributed by atoms with Crippen LogP contribution < -0.4 is 5.32 Å². The van der Waals surface area contributed by atoms with E-state index in [-0.39, 0.29) is 17.2 Å². The van der Waals surface area contributed by atoms with E-state index in [0.29, 0.717) is 30.1 Å². The maximum atomic E-state index is 13.3. The molecule has 6 heteroatoms. The van der Waals surface area contributed by atoms with Crippen molar-refractivity contribution in [1.29, 1.82) is 0 Å². The molecule has 1 rings (SSSR count). The van der Waals surface area contributed by atoms with Crippen molar-refractivity contribution in [3.63, 3.8) is 0 Å². The maximum Gasteiger partial charge on any atom is 0.275 e. The van der Waals surface area contributed by atoms with Gasteiger partial charge in [-0.2, -0.15) is 0 Å². The van der Waals surface area contributed by atoms with Crippen molar-refractivity contribution in [2.45, 2.75) is 253 Å². The lowest BCUT2D eigenvalue weighted by Gasteiger charge is -2.28. The van der Waals surface area contributed by atoms with E-state index in [4.69, 9.17) is 0 Å². The Morgan fingerprint density at radius 2 is 0.983 bits per heavy atom. The molecule has 6 nitrogen and oxygen atoms in total. The number of amides is 1. The summed E-state index contributed by atoms with van der Waals surface area (Å²) in [5.74, 6) is 1.65. The Labute approximate surface area is 365 Å². The Morgan fingerprint density at radius 1 is 0.559 bits per heavy atom. The summed E-state index contributed by atoms with van der Waals surface area (Å²) < 4.78 is 0. The van der Waals surface area contributed by atoms with Crippen LogP contribution in [0.25, 0.3) is 0 Å². The molecule has 0 saturated heterocycles. The molecule has 0 radical (unpaired) electrons. The third-order valence-electron chi connectivity index (χ3n) is 12.8. The zero-order chi connectivity index (χ0) is 43.2. The monoisotopic (exact) mass is 822 g/mol. The second-order valence-corrected chi connectivity index (χ2v) is 18.1. The van der Waals surface area contributed by atoms with Gasteiger partial charge in [0.15, 0.2) is 11.5 Å². The number of azo groups is 1. The van der Waals surface area contributed by atoms with Crippen molar-refractivity contribution >= 4 is 17.4 Å². The molecule has 1 amide bonds. The predicted molar refractivity (Wildman–Crippen MR) is 255 cm³/mol. The van der Waals surface area contributed by atoms with Gasteiger partial charge < -0.3 is 10.4 Å². The van der Waals surface area contributed by atoms with E-state index in [1.165, 1.54) is 174 Å². The van der Waals surface area contributed by atoms with Gasteiger partial charge in [-0.05, 0) is 49.7 Å². The van der Waals surface area contributed by atoms with Gasteiger partial charge in [0.1, 0.15) is 5.76 Å². The number of allylic oxidation sites excluding steroid dienone is 1. The third-order valence-corrected chi connectivity index (χ3v) is 12.8. The fourth-order valence-electron chi connectivity index (χ4n) is 8.77. The average Bonchev–Trinajstić information content (AvgIpc) is 3.24. The van der Waals surface area contributed by atoms with Gasteiger partial charge in [0, 0.05) is 18.5 Å². The SMILES string of the molecule is CCCCCCCCCC(CCCCC)C(CCCCCCCCC)CCCCCCCCCC(=O)c1ccccc1N=NC(C(=O)NCC(CC)CCCC)=C(C)O. The van der Waals surface area contributed by atoms with Gasteiger partial charge in [0.2, 0.25) is 0 Å². The largest absolute Gasteiger partial charge is 0.510 e. The number of aliphatic hydroxyl groups is 1. The Morgan fingerprint density at radius 3 is 1.46 bits per heavy atom. The highest BCUT2D eigenvalue weighted by Gasteiger charge is 2.21.